The van der Waals surface area contributed by atoms with E-state index in [-0.39, 0.29) is 18.6 Å². The molecule has 5 aromatic rings. The summed E-state index contributed by atoms with van der Waals surface area (Å²) in [5.74, 6) is 6.52. The maximum Gasteiger partial charge on any atom is 0.255 e. The van der Waals surface area contributed by atoms with Gasteiger partial charge in [-0.25, -0.2) is 0 Å². The van der Waals surface area contributed by atoms with Crippen LogP contribution in [0.25, 0.3) is 10.9 Å². The van der Waals surface area contributed by atoms with Gasteiger partial charge in [0.15, 0.2) is 0 Å². The van der Waals surface area contributed by atoms with Crippen molar-refractivity contribution in [3.63, 3.8) is 0 Å². The predicted octanol–water partition coefficient (Wildman–Crippen LogP) is 5.19. The van der Waals surface area contributed by atoms with E-state index in [0.29, 0.717) is 40.1 Å². The molecule has 218 valence electrons. The SMILES string of the molecule is CC(C)Oc1ccc(C#Cc2cccc(C(=O)Nc3cccnc3)c2)cc1C(O)N[C@@H](CO)Cc1c[nH]c2ccccc12. The zero-order valence-corrected chi connectivity index (χ0v) is 24.0. The van der Waals surface area contributed by atoms with Crippen LogP contribution in [0.15, 0.2) is 97.5 Å². The number of aliphatic hydroxyl groups excluding tert-OH is 2. The predicted molar refractivity (Wildman–Crippen MR) is 168 cm³/mol. The molecule has 0 aliphatic carbocycles. The van der Waals surface area contributed by atoms with Gasteiger partial charge < -0.3 is 25.3 Å². The largest absolute Gasteiger partial charge is 0.491 e. The monoisotopic (exact) mass is 574 g/mol. The number of para-hydroxylation sites is 1. The molecular formula is C35H34N4O4. The molecule has 3 aromatic carbocycles. The van der Waals surface area contributed by atoms with Crippen molar-refractivity contribution in [3.8, 4) is 17.6 Å². The number of aromatic amines is 1. The number of benzene rings is 3. The second kappa shape index (κ2) is 13.8. The number of carbonyl (C=O) groups is 1. The summed E-state index contributed by atoms with van der Waals surface area (Å²) in [6, 6.07) is 23.6. The topological polar surface area (TPSA) is 120 Å². The van der Waals surface area contributed by atoms with Crippen LogP contribution in [0, 0.1) is 11.8 Å². The summed E-state index contributed by atoms with van der Waals surface area (Å²) in [7, 11) is 0. The average Bonchev–Trinajstić information content (AvgIpc) is 3.43. The molecule has 43 heavy (non-hydrogen) atoms. The smallest absolute Gasteiger partial charge is 0.255 e. The van der Waals surface area contributed by atoms with Gasteiger partial charge in [-0.15, -0.1) is 0 Å². The number of nitrogens with zero attached hydrogens (tertiary/aromatic N) is 1. The first-order chi connectivity index (χ1) is 20.9. The minimum Gasteiger partial charge on any atom is -0.491 e. The van der Waals surface area contributed by atoms with E-state index in [1.54, 1.807) is 54.9 Å². The number of rotatable bonds is 10. The molecule has 5 rings (SSSR count). The number of fused-ring (bicyclic) bond motifs is 1. The maximum absolute atomic E-state index is 12.7. The Hall–Kier alpha value is -4.94. The van der Waals surface area contributed by atoms with Crippen molar-refractivity contribution in [1.82, 2.24) is 15.3 Å². The Morgan fingerprint density at radius 1 is 1.00 bits per heavy atom. The fourth-order valence-corrected chi connectivity index (χ4v) is 4.78. The minimum atomic E-state index is -1.11. The Balaban J connectivity index is 1.34. The van der Waals surface area contributed by atoms with Crippen LogP contribution in [0.3, 0.4) is 0 Å². The zero-order chi connectivity index (χ0) is 30.2. The third-order valence-corrected chi connectivity index (χ3v) is 6.82. The molecule has 1 amide bonds. The van der Waals surface area contributed by atoms with Gasteiger partial charge in [-0.2, -0.15) is 0 Å². The molecule has 2 atom stereocenters. The Morgan fingerprint density at radius 2 is 1.81 bits per heavy atom. The van der Waals surface area contributed by atoms with Crippen molar-refractivity contribution in [2.24, 2.45) is 0 Å². The molecule has 2 heterocycles. The highest BCUT2D eigenvalue weighted by Gasteiger charge is 2.20. The van der Waals surface area contributed by atoms with Gasteiger partial charge >= 0.3 is 0 Å². The summed E-state index contributed by atoms with van der Waals surface area (Å²) in [5.41, 5.74) is 4.99. The third kappa shape index (κ3) is 7.67. The van der Waals surface area contributed by atoms with Crippen LogP contribution in [0.4, 0.5) is 5.69 Å². The van der Waals surface area contributed by atoms with Crippen molar-refractivity contribution < 1.29 is 19.7 Å². The standard InChI is InChI=1S/C35H34N4O4/c1-23(2)43-33-15-14-25(13-12-24-7-5-8-26(17-24)34(41)38-28-9-6-16-36-21-28)18-31(33)35(42)39-29(22-40)19-27-20-37-32-11-4-3-10-30(27)32/h3-11,14-18,20-21,23,29,35,37,39-40,42H,19,22H2,1-2H3,(H,38,41)/t29-,35?/m1/s1. The molecule has 5 N–H and O–H groups in total. The second-order valence-corrected chi connectivity index (χ2v) is 10.5. The van der Waals surface area contributed by atoms with E-state index in [2.05, 4.69) is 32.4 Å². The van der Waals surface area contributed by atoms with Gasteiger partial charge in [-0.1, -0.05) is 36.1 Å². The molecule has 0 radical (unpaired) electrons. The number of aromatic nitrogens is 2. The van der Waals surface area contributed by atoms with E-state index < -0.39 is 12.3 Å². The molecule has 0 aliphatic heterocycles. The van der Waals surface area contributed by atoms with Gasteiger partial charge in [0, 0.05) is 51.6 Å². The normalized spacial score (nSPS) is 12.4. The van der Waals surface area contributed by atoms with Gasteiger partial charge in [0.2, 0.25) is 0 Å². The number of hydrogen-bond donors (Lipinski definition) is 5. The van der Waals surface area contributed by atoms with E-state index in [0.717, 1.165) is 16.5 Å². The number of anilines is 1. The lowest BCUT2D eigenvalue weighted by molar-refractivity contribution is 0.0991. The Labute approximate surface area is 250 Å². The Morgan fingerprint density at radius 3 is 2.58 bits per heavy atom. The highest BCUT2D eigenvalue weighted by molar-refractivity contribution is 6.04. The van der Waals surface area contributed by atoms with E-state index >= 15 is 0 Å². The number of amides is 1. The van der Waals surface area contributed by atoms with E-state index in [9.17, 15) is 15.0 Å². The van der Waals surface area contributed by atoms with E-state index in [4.69, 9.17) is 4.74 Å². The summed E-state index contributed by atoms with van der Waals surface area (Å²) >= 11 is 0. The number of H-pyrrole nitrogens is 1. The summed E-state index contributed by atoms with van der Waals surface area (Å²) in [6.07, 6.45) is 4.45. The fourth-order valence-electron chi connectivity index (χ4n) is 4.78. The van der Waals surface area contributed by atoms with Crippen LogP contribution in [-0.4, -0.2) is 44.8 Å². The number of pyridine rings is 1. The maximum atomic E-state index is 12.7. The molecule has 2 aromatic heterocycles. The summed E-state index contributed by atoms with van der Waals surface area (Å²) in [6.45, 7) is 3.67. The highest BCUT2D eigenvalue weighted by atomic mass is 16.5. The van der Waals surface area contributed by atoms with Crippen LogP contribution in [0.5, 0.6) is 5.75 Å². The van der Waals surface area contributed by atoms with Gasteiger partial charge in [-0.3, -0.25) is 15.1 Å². The van der Waals surface area contributed by atoms with Crippen molar-refractivity contribution >= 4 is 22.5 Å². The van der Waals surface area contributed by atoms with E-state index in [1.807, 2.05) is 56.4 Å². The molecular weight excluding hydrogens is 540 g/mol. The number of nitrogens with one attached hydrogen (secondary N) is 3. The lowest BCUT2D eigenvalue weighted by Crippen LogP contribution is -2.37. The van der Waals surface area contributed by atoms with Crippen LogP contribution >= 0.6 is 0 Å². The van der Waals surface area contributed by atoms with Gasteiger partial charge in [0.1, 0.15) is 12.0 Å². The van der Waals surface area contributed by atoms with Crippen LogP contribution in [0.1, 0.15) is 52.7 Å². The molecule has 0 saturated heterocycles. The number of hydrogen-bond acceptors (Lipinski definition) is 6. The lowest BCUT2D eigenvalue weighted by Gasteiger charge is -2.24. The van der Waals surface area contributed by atoms with Crippen molar-refractivity contribution in [3.05, 3.63) is 125 Å². The summed E-state index contributed by atoms with van der Waals surface area (Å²) < 4.78 is 5.99. The zero-order valence-electron chi connectivity index (χ0n) is 24.0. The number of aliphatic hydroxyl groups is 2. The first kappa shape index (κ1) is 29.5. The first-order valence-electron chi connectivity index (χ1n) is 14.1. The number of carbonyl (C=O) groups excluding carboxylic acids is 1. The fraction of sp³-hybridized carbons (Fsp3) is 0.200. The summed E-state index contributed by atoms with van der Waals surface area (Å²) in [5, 5.41) is 28.5. The van der Waals surface area contributed by atoms with Crippen LogP contribution in [0.2, 0.25) is 0 Å². The molecule has 0 saturated carbocycles. The van der Waals surface area contributed by atoms with Gasteiger partial charge in [-0.05, 0) is 80.4 Å². The molecule has 1 unspecified atom stereocenters. The van der Waals surface area contributed by atoms with Crippen molar-refractivity contribution in [2.45, 2.75) is 38.6 Å². The van der Waals surface area contributed by atoms with Crippen molar-refractivity contribution in [2.75, 3.05) is 11.9 Å². The van der Waals surface area contributed by atoms with E-state index in [1.165, 1.54) is 0 Å². The average molecular weight is 575 g/mol. The molecule has 0 spiro atoms. The van der Waals surface area contributed by atoms with Crippen LogP contribution < -0.4 is 15.4 Å². The molecule has 8 heteroatoms. The molecule has 8 nitrogen and oxygen atoms in total. The van der Waals surface area contributed by atoms with Gasteiger partial charge in [0.05, 0.1) is 24.6 Å². The second-order valence-electron chi connectivity index (χ2n) is 10.5. The first-order valence-corrected chi connectivity index (χ1v) is 14.1. The third-order valence-electron chi connectivity index (χ3n) is 6.82. The lowest BCUT2D eigenvalue weighted by atomic mass is 10.0. The molecule has 0 aliphatic rings. The number of ether oxygens (including phenoxy) is 1. The van der Waals surface area contributed by atoms with Crippen LogP contribution in [-0.2, 0) is 6.42 Å². The highest BCUT2D eigenvalue weighted by Crippen LogP contribution is 2.27. The van der Waals surface area contributed by atoms with Gasteiger partial charge in [0.25, 0.3) is 5.91 Å². The molecule has 0 fully saturated rings. The Bertz CT molecular complexity index is 1750. The quantitative estimate of drug-likeness (QED) is 0.116. The summed E-state index contributed by atoms with van der Waals surface area (Å²) in [4.78, 5) is 20.0. The van der Waals surface area contributed by atoms with Crippen molar-refractivity contribution in [1.29, 1.82) is 0 Å². The minimum absolute atomic E-state index is 0.108. The Kier molecular flexibility index (Phi) is 9.49. The molecule has 0 bridgehead atoms.